The first-order chi connectivity index (χ1) is 15.5. The Morgan fingerprint density at radius 2 is 2.12 bits per heavy atom. The quantitative estimate of drug-likeness (QED) is 0.316. The SMILES string of the molecule is NC(=O)c1sc2nc(C(F)(F)F)cc(-c3ccco3)c2c1NC(=O)Cn1cc([N+](=O)[O-])cn1. The number of aromatic nitrogens is 3. The van der Waals surface area contributed by atoms with Crippen molar-refractivity contribution < 1.29 is 32.1 Å². The van der Waals surface area contributed by atoms with E-state index >= 15 is 0 Å². The number of nitro groups is 1. The number of furan rings is 1. The average molecular weight is 480 g/mol. The molecular formula is C18H11F3N6O5S. The highest BCUT2D eigenvalue weighted by molar-refractivity contribution is 7.21. The van der Waals surface area contributed by atoms with Gasteiger partial charge in [0.2, 0.25) is 5.91 Å². The highest BCUT2D eigenvalue weighted by atomic mass is 32.1. The maximum atomic E-state index is 13.4. The minimum absolute atomic E-state index is 0.0246. The van der Waals surface area contributed by atoms with E-state index in [0.717, 1.165) is 23.1 Å². The van der Waals surface area contributed by atoms with Gasteiger partial charge in [-0.25, -0.2) is 4.98 Å². The summed E-state index contributed by atoms with van der Waals surface area (Å²) in [7, 11) is 0. The van der Waals surface area contributed by atoms with E-state index in [1.165, 1.54) is 18.4 Å². The van der Waals surface area contributed by atoms with Gasteiger partial charge in [-0.15, -0.1) is 11.3 Å². The Labute approximate surface area is 184 Å². The van der Waals surface area contributed by atoms with Crippen LogP contribution >= 0.6 is 11.3 Å². The summed E-state index contributed by atoms with van der Waals surface area (Å²) in [5, 5.41) is 16.9. The first-order valence-corrected chi connectivity index (χ1v) is 9.71. The second-order valence-corrected chi connectivity index (χ2v) is 7.58. The van der Waals surface area contributed by atoms with Gasteiger partial charge in [-0.05, 0) is 18.2 Å². The number of halogens is 3. The smallest absolute Gasteiger partial charge is 0.433 e. The number of thiophene rings is 1. The van der Waals surface area contributed by atoms with Crippen molar-refractivity contribution in [3.8, 4) is 11.3 Å². The molecule has 0 saturated carbocycles. The molecule has 170 valence electrons. The number of pyridine rings is 1. The van der Waals surface area contributed by atoms with Crippen molar-refractivity contribution >= 4 is 44.7 Å². The fourth-order valence-electron chi connectivity index (χ4n) is 3.02. The van der Waals surface area contributed by atoms with Crippen LogP contribution in [0.4, 0.5) is 24.5 Å². The van der Waals surface area contributed by atoms with Crippen LogP contribution in [0.15, 0.2) is 41.3 Å². The molecule has 0 aliphatic heterocycles. The normalized spacial score (nSPS) is 11.6. The molecule has 0 radical (unpaired) electrons. The van der Waals surface area contributed by atoms with Crippen molar-refractivity contribution in [1.82, 2.24) is 14.8 Å². The molecule has 4 rings (SSSR count). The monoisotopic (exact) mass is 480 g/mol. The van der Waals surface area contributed by atoms with Crippen LogP contribution in [0.25, 0.3) is 21.5 Å². The highest BCUT2D eigenvalue weighted by Crippen LogP contribution is 2.43. The lowest BCUT2D eigenvalue weighted by Crippen LogP contribution is -2.21. The van der Waals surface area contributed by atoms with E-state index in [4.69, 9.17) is 10.2 Å². The summed E-state index contributed by atoms with van der Waals surface area (Å²) in [6, 6.07) is 3.61. The molecule has 0 aliphatic rings. The van der Waals surface area contributed by atoms with E-state index < -0.39 is 35.2 Å². The Bertz CT molecular complexity index is 1390. The van der Waals surface area contributed by atoms with Crippen molar-refractivity contribution in [3.63, 3.8) is 0 Å². The maximum Gasteiger partial charge on any atom is 0.433 e. The zero-order valence-electron chi connectivity index (χ0n) is 16.1. The molecule has 0 spiro atoms. The Kier molecular flexibility index (Phi) is 5.33. The third-order valence-corrected chi connectivity index (χ3v) is 5.46. The second kappa shape index (κ2) is 8.01. The Morgan fingerprint density at radius 1 is 1.36 bits per heavy atom. The number of carbonyl (C=O) groups is 2. The molecule has 0 bridgehead atoms. The lowest BCUT2D eigenvalue weighted by molar-refractivity contribution is -0.385. The highest BCUT2D eigenvalue weighted by Gasteiger charge is 2.35. The van der Waals surface area contributed by atoms with Crippen LogP contribution < -0.4 is 11.1 Å². The first kappa shape index (κ1) is 21.9. The number of primary amides is 1. The summed E-state index contributed by atoms with van der Waals surface area (Å²) in [5.41, 5.74) is 3.61. The molecule has 0 saturated heterocycles. The molecule has 0 unspecified atom stereocenters. The summed E-state index contributed by atoms with van der Waals surface area (Å²) in [6.45, 7) is -0.479. The number of hydrogen-bond acceptors (Lipinski definition) is 8. The summed E-state index contributed by atoms with van der Waals surface area (Å²) < 4.78 is 46.5. The van der Waals surface area contributed by atoms with Gasteiger partial charge in [0.25, 0.3) is 5.91 Å². The van der Waals surface area contributed by atoms with Gasteiger partial charge in [0, 0.05) is 10.9 Å². The van der Waals surface area contributed by atoms with Crippen LogP contribution in [-0.2, 0) is 17.5 Å². The van der Waals surface area contributed by atoms with Crippen molar-refractivity contribution in [2.24, 2.45) is 5.73 Å². The topological polar surface area (TPSA) is 159 Å². The van der Waals surface area contributed by atoms with Crippen LogP contribution in [0.2, 0.25) is 0 Å². The van der Waals surface area contributed by atoms with Gasteiger partial charge in [-0.2, -0.15) is 18.3 Å². The standard InChI is InChI=1S/C18H11F3N6O5S/c19-18(20,21)11-4-9(10-2-1-3-32-10)13-14(15(16(22)29)33-17(13)24-11)25-12(28)7-26-6-8(5-23-26)27(30)31/h1-6H,7H2,(H2,22,29)(H,25,28). The summed E-state index contributed by atoms with van der Waals surface area (Å²) in [4.78, 5) is 37.8. The zero-order valence-corrected chi connectivity index (χ0v) is 16.9. The van der Waals surface area contributed by atoms with Crippen LogP contribution in [0.3, 0.4) is 0 Å². The summed E-state index contributed by atoms with van der Waals surface area (Å²) in [6.07, 6.45) is -1.57. The lowest BCUT2D eigenvalue weighted by Gasteiger charge is -2.11. The van der Waals surface area contributed by atoms with E-state index in [9.17, 15) is 32.9 Å². The van der Waals surface area contributed by atoms with E-state index in [2.05, 4.69) is 15.4 Å². The molecule has 15 heteroatoms. The van der Waals surface area contributed by atoms with Gasteiger partial charge >= 0.3 is 11.9 Å². The number of nitrogens with one attached hydrogen (secondary N) is 1. The minimum atomic E-state index is -4.79. The number of carbonyl (C=O) groups excluding carboxylic acids is 2. The molecule has 0 aromatic carbocycles. The molecule has 4 aromatic heterocycles. The first-order valence-electron chi connectivity index (χ1n) is 8.89. The fourth-order valence-corrected chi connectivity index (χ4v) is 4.03. The number of nitrogens with zero attached hydrogens (tertiary/aromatic N) is 4. The number of nitrogens with two attached hydrogens (primary N) is 1. The Balaban J connectivity index is 1.82. The number of amides is 2. The molecule has 11 nitrogen and oxygen atoms in total. The molecule has 0 atom stereocenters. The van der Waals surface area contributed by atoms with Crippen molar-refractivity contribution in [1.29, 1.82) is 0 Å². The molecule has 33 heavy (non-hydrogen) atoms. The predicted molar refractivity (Wildman–Crippen MR) is 108 cm³/mol. The van der Waals surface area contributed by atoms with E-state index in [1.807, 2.05) is 0 Å². The number of hydrogen-bond donors (Lipinski definition) is 2. The molecule has 3 N–H and O–H groups in total. The van der Waals surface area contributed by atoms with Crippen molar-refractivity contribution in [3.05, 3.63) is 57.5 Å². The largest absolute Gasteiger partial charge is 0.464 e. The molecule has 0 fully saturated rings. The van der Waals surface area contributed by atoms with Crippen molar-refractivity contribution in [2.75, 3.05) is 5.32 Å². The van der Waals surface area contributed by atoms with E-state index in [0.29, 0.717) is 11.3 Å². The third kappa shape index (κ3) is 4.25. The van der Waals surface area contributed by atoms with Gasteiger partial charge in [-0.1, -0.05) is 0 Å². The zero-order chi connectivity index (χ0) is 23.9. The van der Waals surface area contributed by atoms with Gasteiger partial charge in [0.15, 0.2) is 0 Å². The number of fused-ring (bicyclic) bond motifs is 1. The third-order valence-electron chi connectivity index (χ3n) is 4.36. The summed E-state index contributed by atoms with van der Waals surface area (Å²) >= 11 is 0.576. The van der Waals surface area contributed by atoms with Gasteiger partial charge in [-0.3, -0.25) is 24.4 Å². The van der Waals surface area contributed by atoms with Gasteiger partial charge in [0.05, 0.1) is 16.9 Å². The molecule has 4 heterocycles. The molecular weight excluding hydrogens is 469 g/mol. The van der Waals surface area contributed by atoms with Gasteiger partial charge < -0.3 is 15.5 Å². The maximum absolute atomic E-state index is 13.4. The van der Waals surface area contributed by atoms with Gasteiger partial charge in [0.1, 0.15) is 40.1 Å². The average Bonchev–Trinajstić information content (AvgIpc) is 3.46. The van der Waals surface area contributed by atoms with Crippen LogP contribution in [0.5, 0.6) is 0 Å². The van der Waals surface area contributed by atoms with E-state index in [-0.39, 0.29) is 37.8 Å². The second-order valence-electron chi connectivity index (χ2n) is 6.58. The molecule has 0 aliphatic carbocycles. The summed E-state index contributed by atoms with van der Waals surface area (Å²) in [5.74, 6) is -1.72. The molecule has 4 aromatic rings. The number of alkyl halides is 3. The number of rotatable bonds is 6. The van der Waals surface area contributed by atoms with Crippen LogP contribution in [0.1, 0.15) is 15.4 Å². The number of anilines is 1. The van der Waals surface area contributed by atoms with Crippen molar-refractivity contribution in [2.45, 2.75) is 12.7 Å². The Morgan fingerprint density at radius 3 is 2.70 bits per heavy atom. The van der Waals surface area contributed by atoms with Crippen LogP contribution in [-0.4, -0.2) is 31.5 Å². The van der Waals surface area contributed by atoms with E-state index in [1.54, 1.807) is 0 Å². The Hall–Kier alpha value is -4.27. The molecule has 2 amide bonds. The fraction of sp³-hybridized carbons (Fsp3) is 0.111. The lowest BCUT2D eigenvalue weighted by atomic mass is 10.1. The predicted octanol–water partition coefficient (Wildman–Crippen LogP) is 3.42. The minimum Gasteiger partial charge on any atom is -0.464 e. The van der Waals surface area contributed by atoms with Crippen LogP contribution in [0, 0.1) is 10.1 Å².